The summed E-state index contributed by atoms with van der Waals surface area (Å²) in [4.78, 5) is 4.03. The second-order valence-electron chi connectivity index (χ2n) is 4.59. The molecule has 90 valence electrons. The number of hydrogen-bond donors (Lipinski definition) is 0. The molecule has 0 saturated heterocycles. The molecule has 1 aliphatic carbocycles. The molecule has 2 rings (SSSR count). The van der Waals surface area contributed by atoms with E-state index < -0.39 is 0 Å². The van der Waals surface area contributed by atoms with Gasteiger partial charge in [-0.15, -0.1) is 0 Å². The highest BCUT2D eigenvalue weighted by Crippen LogP contribution is 2.31. The number of ether oxygens (including phenoxy) is 1. The van der Waals surface area contributed by atoms with Crippen LogP contribution >= 0.6 is 0 Å². The minimum atomic E-state index is 0.255. The first-order chi connectivity index (χ1) is 8.35. The number of nitriles is 1. The summed E-state index contributed by atoms with van der Waals surface area (Å²) in [5, 5.41) is 9.01. The SMILES string of the molecule is CCC1CCCCC1Oc1cnccc1C#N. The van der Waals surface area contributed by atoms with E-state index in [0.717, 1.165) is 12.8 Å². The van der Waals surface area contributed by atoms with E-state index in [-0.39, 0.29) is 6.10 Å². The number of hydrogen-bond acceptors (Lipinski definition) is 3. The third-order valence-electron chi connectivity index (χ3n) is 3.55. The maximum Gasteiger partial charge on any atom is 0.155 e. The monoisotopic (exact) mass is 230 g/mol. The molecule has 3 nitrogen and oxygen atoms in total. The van der Waals surface area contributed by atoms with Crippen LogP contribution in [0, 0.1) is 17.2 Å². The van der Waals surface area contributed by atoms with Crippen molar-refractivity contribution >= 4 is 0 Å². The average molecular weight is 230 g/mol. The van der Waals surface area contributed by atoms with Crippen LogP contribution in [0.25, 0.3) is 0 Å². The molecular weight excluding hydrogens is 212 g/mol. The van der Waals surface area contributed by atoms with Gasteiger partial charge in [-0.1, -0.05) is 13.3 Å². The lowest BCUT2D eigenvalue weighted by Crippen LogP contribution is -2.30. The summed E-state index contributed by atoms with van der Waals surface area (Å²) in [6.45, 7) is 2.21. The lowest BCUT2D eigenvalue weighted by Gasteiger charge is -2.31. The number of rotatable bonds is 3. The molecule has 17 heavy (non-hydrogen) atoms. The van der Waals surface area contributed by atoms with E-state index in [4.69, 9.17) is 10.00 Å². The van der Waals surface area contributed by atoms with Crippen LogP contribution in [0.3, 0.4) is 0 Å². The van der Waals surface area contributed by atoms with E-state index in [1.807, 2.05) is 0 Å². The fourth-order valence-corrected chi connectivity index (χ4v) is 2.53. The van der Waals surface area contributed by atoms with Gasteiger partial charge in [-0.05, 0) is 37.7 Å². The van der Waals surface area contributed by atoms with Crippen LogP contribution in [0.5, 0.6) is 5.75 Å². The first-order valence-electron chi connectivity index (χ1n) is 6.36. The Morgan fingerprint density at radius 1 is 1.47 bits per heavy atom. The Hall–Kier alpha value is -1.56. The summed E-state index contributed by atoms with van der Waals surface area (Å²) < 4.78 is 6.00. The largest absolute Gasteiger partial charge is 0.487 e. The second kappa shape index (κ2) is 5.67. The smallest absolute Gasteiger partial charge is 0.155 e. The maximum absolute atomic E-state index is 9.01. The van der Waals surface area contributed by atoms with Gasteiger partial charge in [0.2, 0.25) is 0 Å². The van der Waals surface area contributed by atoms with Gasteiger partial charge in [0.05, 0.1) is 11.8 Å². The van der Waals surface area contributed by atoms with E-state index in [2.05, 4.69) is 18.0 Å². The van der Waals surface area contributed by atoms with Gasteiger partial charge >= 0.3 is 0 Å². The molecule has 1 heterocycles. The van der Waals surface area contributed by atoms with Crippen LogP contribution in [-0.2, 0) is 0 Å². The molecule has 0 spiro atoms. The molecule has 0 aromatic carbocycles. The van der Waals surface area contributed by atoms with Gasteiger partial charge in [0.1, 0.15) is 12.2 Å². The zero-order valence-corrected chi connectivity index (χ0v) is 10.2. The van der Waals surface area contributed by atoms with Gasteiger partial charge in [-0.25, -0.2) is 0 Å². The highest BCUT2D eigenvalue weighted by molar-refractivity contribution is 5.40. The second-order valence-corrected chi connectivity index (χ2v) is 4.59. The van der Waals surface area contributed by atoms with Gasteiger partial charge in [0.15, 0.2) is 5.75 Å². The Morgan fingerprint density at radius 2 is 2.29 bits per heavy atom. The minimum absolute atomic E-state index is 0.255. The molecule has 0 amide bonds. The molecular formula is C14H18N2O. The average Bonchev–Trinajstić information content (AvgIpc) is 2.40. The summed E-state index contributed by atoms with van der Waals surface area (Å²) in [5.74, 6) is 1.26. The third kappa shape index (κ3) is 2.76. The van der Waals surface area contributed by atoms with Crippen LogP contribution in [-0.4, -0.2) is 11.1 Å². The first-order valence-corrected chi connectivity index (χ1v) is 6.36. The summed E-state index contributed by atoms with van der Waals surface area (Å²) in [7, 11) is 0. The normalized spacial score (nSPS) is 24.0. The van der Waals surface area contributed by atoms with E-state index in [1.165, 1.54) is 19.3 Å². The van der Waals surface area contributed by atoms with E-state index in [9.17, 15) is 0 Å². The van der Waals surface area contributed by atoms with Crippen LogP contribution in [0.15, 0.2) is 18.5 Å². The standard InChI is InChI=1S/C14H18N2O/c1-2-11-5-3-4-6-13(11)17-14-10-16-8-7-12(14)9-15/h7-8,10-11,13H,2-6H2,1H3. The van der Waals surface area contributed by atoms with Crippen molar-refractivity contribution in [1.29, 1.82) is 5.26 Å². The molecule has 0 N–H and O–H groups in total. The van der Waals surface area contributed by atoms with E-state index >= 15 is 0 Å². The molecule has 2 atom stereocenters. The topological polar surface area (TPSA) is 45.9 Å². The highest BCUT2D eigenvalue weighted by atomic mass is 16.5. The van der Waals surface area contributed by atoms with E-state index in [1.54, 1.807) is 18.5 Å². The number of aromatic nitrogens is 1. The van der Waals surface area contributed by atoms with Crippen LogP contribution in [0.2, 0.25) is 0 Å². The zero-order valence-electron chi connectivity index (χ0n) is 10.2. The quantitative estimate of drug-likeness (QED) is 0.800. The van der Waals surface area contributed by atoms with Crippen molar-refractivity contribution in [2.24, 2.45) is 5.92 Å². The van der Waals surface area contributed by atoms with Crippen LogP contribution in [0.4, 0.5) is 0 Å². The van der Waals surface area contributed by atoms with Crippen molar-refractivity contribution in [3.8, 4) is 11.8 Å². The molecule has 0 bridgehead atoms. The highest BCUT2D eigenvalue weighted by Gasteiger charge is 2.25. The lowest BCUT2D eigenvalue weighted by molar-refractivity contribution is 0.0897. The third-order valence-corrected chi connectivity index (χ3v) is 3.55. The van der Waals surface area contributed by atoms with Crippen LogP contribution < -0.4 is 4.74 Å². The fourth-order valence-electron chi connectivity index (χ4n) is 2.53. The van der Waals surface area contributed by atoms with Gasteiger partial charge < -0.3 is 4.74 Å². The van der Waals surface area contributed by atoms with Crippen molar-refractivity contribution in [2.75, 3.05) is 0 Å². The van der Waals surface area contributed by atoms with Crippen molar-refractivity contribution < 1.29 is 4.74 Å². The Bertz CT molecular complexity index is 411. The first kappa shape index (κ1) is 11.9. The number of nitrogens with zero attached hydrogens (tertiary/aromatic N) is 2. The molecule has 1 aromatic heterocycles. The van der Waals surface area contributed by atoms with Gasteiger partial charge in [0, 0.05) is 6.20 Å². The molecule has 1 aromatic rings. The summed E-state index contributed by atoms with van der Waals surface area (Å²) in [6, 6.07) is 3.86. The maximum atomic E-state index is 9.01. The molecule has 0 aliphatic heterocycles. The lowest BCUT2D eigenvalue weighted by atomic mass is 9.85. The predicted molar refractivity (Wildman–Crippen MR) is 65.6 cm³/mol. The summed E-state index contributed by atoms with van der Waals surface area (Å²) >= 11 is 0. The van der Waals surface area contributed by atoms with Crippen molar-refractivity contribution in [1.82, 2.24) is 4.98 Å². The Morgan fingerprint density at radius 3 is 3.06 bits per heavy atom. The Balaban J connectivity index is 2.11. The van der Waals surface area contributed by atoms with Crippen molar-refractivity contribution in [3.05, 3.63) is 24.0 Å². The molecule has 0 radical (unpaired) electrons. The molecule has 2 unspecified atom stereocenters. The van der Waals surface area contributed by atoms with Gasteiger partial charge in [0.25, 0.3) is 0 Å². The molecule has 3 heteroatoms. The predicted octanol–water partition coefficient (Wildman–Crippen LogP) is 3.30. The zero-order chi connectivity index (χ0) is 12.1. The van der Waals surface area contributed by atoms with Gasteiger partial charge in [-0.2, -0.15) is 5.26 Å². The van der Waals surface area contributed by atoms with Crippen molar-refractivity contribution in [3.63, 3.8) is 0 Å². The molecule has 1 saturated carbocycles. The minimum Gasteiger partial charge on any atom is -0.487 e. The van der Waals surface area contributed by atoms with Crippen LogP contribution in [0.1, 0.15) is 44.6 Å². The molecule has 1 fully saturated rings. The Labute approximate surface area is 102 Å². The summed E-state index contributed by atoms with van der Waals surface area (Å²) in [5.41, 5.74) is 0.584. The van der Waals surface area contributed by atoms with E-state index in [0.29, 0.717) is 17.2 Å². The fraction of sp³-hybridized carbons (Fsp3) is 0.571. The number of pyridine rings is 1. The van der Waals surface area contributed by atoms with Gasteiger partial charge in [-0.3, -0.25) is 4.98 Å². The van der Waals surface area contributed by atoms with Crippen molar-refractivity contribution in [2.45, 2.75) is 45.1 Å². The Kier molecular flexibility index (Phi) is 3.98. The molecule has 1 aliphatic rings. The summed E-state index contributed by atoms with van der Waals surface area (Å²) in [6.07, 6.45) is 9.54.